The first-order valence-electron chi connectivity index (χ1n) is 4.27. The molecule has 0 amide bonds. The van der Waals surface area contributed by atoms with Crippen molar-refractivity contribution >= 4 is 17.6 Å². The van der Waals surface area contributed by atoms with Gasteiger partial charge in [0.05, 0.1) is 17.7 Å². The van der Waals surface area contributed by atoms with Crippen LogP contribution in [0.3, 0.4) is 0 Å². The smallest absolute Gasteiger partial charge is 0.309 e. The Hall–Kier alpha value is -1.03. The Morgan fingerprint density at radius 1 is 1.64 bits per heavy atom. The maximum atomic E-state index is 10.4. The number of hydrogen-bond donors (Lipinski definition) is 1. The Morgan fingerprint density at radius 3 is 2.57 bits per heavy atom. The fraction of sp³-hybridized carbons (Fsp3) is 0.556. The molecule has 0 aliphatic rings. The van der Waals surface area contributed by atoms with E-state index in [0.29, 0.717) is 10.8 Å². The molecule has 0 unspecified atom stereocenters. The molecule has 1 aromatic rings. The van der Waals surface area contributed by atoms with Crippen LogP contribution in [0.4, 0.5) is 0 Å². The van der Waals surface area contributed by atoms with Gasteiger partial charge in [-0.2, -0.15) is 5.10 Å². The number of carboxylic acid groups (broad SMARTS) is 1. The number of aliphatic carboxylic acids is 1. The average Bonchev–Trinajstić information content (AvgIpc) is 2.27. The molecule has 1 heterocycles. The normalized spacial score (nSPS) is 11.7. The lowest BCUT2D eigenvalue weighted by atomic mass is 10.1. The second kappa shape index (κ2) is 3.61. The summed E-state index contributed by atoms with van der Waals surface area (Å²) in [4.78, 5) is 10.4. The number of carboxylic acids is 1. The molecule has 1 rings (SSSR count). The quantitative estimate of drug-likeness (QED) is 0.822. The van der Waals surface area contributed by atoms with Gasteiger partial charge in [-0.1, -0.05) is 11.6 Å². The van der Waals surface area contributed by atoms with Gasteiger partial charge in [0.25, 0.3) is 0 Å². The van der Waals surface area contributed by atoms with E-state index in [9.17, 15) is 4.79 Å². The Kier molecular flexibility index (Phi) is 2.85. The molecular formula is C9H13ClN2O2. The molecular weight excluding hydrogens is 204 g/mol. The zero-order valence-corrected chi connectivity index (χ0v) is 9.17. The van der Waals surface area contributed by atoms with Crippen LogP contribution >= 0.6 is 11.6 Å². The van der Waals surface area contributed by atoms with E-state index in [0.717, 1.165) is 0 Å². The Labute approximate surface area is 87.5 Å². The third-order valence-electron chi connectivity index (χ3n) is 1.68. The van der Waals surface area contributed by atoms with Crippen molar-refractivity contribution < 1.29 is 9.90 Å². The van der Waals surface area contributed by atoms with Crippen LogP contribution in [-0.2, 0) is 16.8 Å². The van der Waals surface area contributed by atoms with E-state index in [1.54, 1.807) is 10.7 Å². The van der Waals surface area contributed by atoms with E-state index in [1.807, 2.05) is 20.8 Å². The summed E-state index contributed by atoms with van der Waals surface area (Å²) < 4.78 is 1.62. The molecule has 1 aromatic heterocycles. The minimum Gasteiger partial charge on any atom is -0.481 e. The summed E-state index contributed by atoms with van der Waals surface area (Å²) in [7, 11) is 0. The maximum absolute atomic E-state index is 10.4. The standard InChI is InChI=1S/C9H13ClN2O2/c1-9(2,3)12-7(10)4-6(11-12)5-8(13)14/h4H,5H2,1-3H3,(H,13,14). The van der Waals surface area contributed by atoms with Crippen LogP contribution in [0.5, 0.6) is 0 Å². The Bertz CT molecular complexity index is 352. The zero-order chi connectivity index (χ0) is 10.9. The van der Waals surface area contributed by atoms with Gasteiger partial charge in [0.2, 0.25) is 0 Å². The molecule has 0 saturated carbocycles. The monoisotopic (exact) mass is 216 g/mol. The van der Waals surface area contributed by atoms with E-state index >= 15 is 0 Å². The van der Waals surface area contributed by atoms with Crippen molar-refractivity contribution in [1.29, 1.82) is 0 Å². The van der Waals surface area contributed by atoms with Crippen LogP contribution in [0.2, 0.25) is 5.15 Å². The van der Waals surface area contributed by atoms with Crippen molar-refractivity contribution in [2.24, 2.45) is 0 Å². The predicted octanol–water partition coefficient (Wildman–Crippen LogP) is 1.92. The molecule has 0 fully saturated rings. The molecule has 0 atom stereocenters. The molecule has 4 nitrogen and oxygen atoms in total. The molecule has 0 aromatic carbocycles. The largest absolute Gasteiger partial charge is 0.481 e. The number of aromatic nitrogens is 2. The van der Waals surface area contributed by atoms with Crippen LogP contribution in [-0.4, -0.2) is 20.9 Å². The highest BCUT2D eigenvalue weighted by atomic mass is 35.5. The Morgan fingerprint density at radius 2 is 2.21 bits per heavy atom. The van der Waals surface area contributed by atoms with Crippen LogP contribution in [0.1, 0.15) is 26.5 Å². The molecule has 0 radical (unpaired) electrons. The predicted molar refractivity (Wildman–Crippen MR) is 53.6 cm³/mol. The van der Waals surface area contributed by atoms with Gasteiger partial charge in [-0.25, -0.2) is 4.68 Å². The molecule has 0 aliphatic heterocycles. The van der Waals surface area contributed by atoms with E-state index in [4.69, 9.17) is 16.7 Å². The van der Waals surface area contributed by atoms with Gasteiger partial charge in [-0.05, 0) is 26.8 Å². The summed E-state index contributed by atoms with van der Waals surface area (Å²) in [5.74, 6) is -0.903. The highest BCUT2D eigenvalue weighted by molar-refractivity contribution is 6.29. The van der Waals surface area contributed by atoms with E-state index in [1.165, 1.54) is 0 Å². The maximum Gasteiger partial charge on any atom is 0.309 e. The number of hydrogen-bond acceptors (Lipinski definition) is 2. The number of rotatable bonds is 2. The molecule has 0 bridgehead atoms. The summed E-state index contributed by atoms with van der Waals surface area (Å²) in [6.07, 6.45) is -0.0944. The van der Waals surface area contributed by atoms with Gasteiger partial charge >= 0.3 is 5.97 Å². The summed E-state index contributed by atoms with van der Waals surface area (Å²) in [6, 6.07) is 1.58. The molecule has 0 saturated heterocycles. The molecule has 0 spiro atoms. The first-order valence-corrected chi connectivity index (χ1v) is 4.65. The summed E-state index contributed by atoms with van der Waals surface area (Å²) in [6.45, 7) is 5.86. The minimum absolute atomic E-state index is 0.0944. The van der Waals surface area contributed by atoms with Crippen molar-refractivity contribution in [1.82, 2.24) is 9.78 Å². The summed E-state index contributed by atoms with van der Waals surface area (Å²) >= 11 is 5.92. The summed E-state index contributed by atoms with van der Waals surface area (Å²) in [5, 5.41) is 13.2. The van der Waals surface area contributed by atoms with Crippen molar-refractivity contribution in [3.05, 3.63) is 16.9 Å². The minimum atomic E-state index is -0.903. The second-order valence-electron chi connectivity index (χ2n) is 4.11. The highest BCUT2D eigenvalue weighted by Gasteiger charge is 2.19. The lowest BCUT2D eigenvalue weighted by Gasteiger charge is -2.20. The molecule has 5 heteroatoms. The SMILES string of the molecule is CC(C)(C)n1nc(CC(=O)O)cc1Cl. The van der Waals surface area contributed by atoms with Crippen LogP contribution in [0, 0.1) is 0 Å². The second-order valence-corrected chi connectivity index (χ2v) is 4.50. The summed E-state index contributed by atoms with van der Waals surface area (Å²) in [5.41, 5.74) is 0.255. The van der Waals surface area contributed by atoms with Gasteiger partial charge in [-0.3, -0.25) is 4.79 Å². The van der Waals surface area contributed by atoms with Gasteiger partial charge in [0, 0.05) is 0 Å². The zero-order valence-electron chi connectivity index (χ0n) is 8.41. The number of nitrogens with zero attached hydrogens (tertiary/aromatic N) is 2. The third-order valence-corrected chi connectivity index (χ3v) is 1.95. The fourth-order valence-electron chi connectivity index (χ4n) is 1.12. The average molecular weight is 217 g/mol. The van der Waals surface area contributed by atoms with Crippen molar-refractivity contribution in [3.8, 4) is 0 Å². The van der Waals surface area contributed by atoms with Crippen molar-refractivity contribution in [3.63, 3.8) is 0 Å². The lowest BCUT2D eigenvalue weighted by molar-refractivity contribution is -0.136. The van der Waals surface area contributed by atoms with Crippen LogP contribution in [0.15, 0.2) is 6.07 Å². The van der Waals surface area contributed by atoms with E-state index in [-0.39, 0.29) is 12.0 Å². The van der Waals surface area contributed by atoms with Gasteiger partial charge in [0.15, 0.2) is 0 Å². The lowest BCUT2D eigenvalue weighted by Crippen LogP contribution is -2.23. The van der Waals surface area contributed by atoms with Crippen molar-refractivity contribution in [2.75, 3.05) is 0 Å². The van der Waals surface area contributed by atoms with Gasteiger partial charge in [-0.15, -0.1) is 0 Å². The number of halogens is 1. The van der Waals surface area contributed by atoms with Gasteiger partial charge < -0.3 is 5.11 Å². The first kappa shape index (κ1) is 11.0. The molecule has 0 aliphatic carbocycles. The molecule has 1 N–H and O–H groups in total. The van der Waals surface area contributed by atoms with Crippen LogP contribution < -0.4 is 0 Å². The molecule has 78 valence electrons. The third kappa shape index (κ3) is 2.48. The van der Waals surface area contributed by atoms with Crippen LogP contribution in [0.25, 0.3) is 0 Å². The van der Waals surface area contributed by atoms with Gasteiger partial charge in [0.1, 0.15) is 5.15 Å². The van der Waals surface area contributed by atoms with E-state index < -0.39 is 5.97 Å². The topological polar surface area (TPSA) is 55.1 Å². The number of carbonyl (C=O) groups is 1. The first-order chi connectivity index (χ1) is 6.30. The van der Waals surface area contributed by atoms with E-state index in [2.05, 4.69) is 5.10 Å². The highest BCUT2D eigenvalue weighted by Crippen LogP contribution is 2.21. The fourth-order valence-corrected chi connectivity index (χ4v) is 1.53. The Balaban J connectivity index is 2.99. The molecule has 14 heavy (non-hydrogen) atoms. The van der Waals surface area contributed by atoms with Crippen molar-refractivity contribution in [2.45, 2.75) is 32.7 Å².